The van der Waals surface area contributed by atoms with Crippen molar-refractivity contribution in [3.05, 3.63) is 131 Å². The molecule has 7 rings (SSSR count). The maximum atomic E-state index is 13.3. The van der Waals surface area contributed by atoms with Crippen molar-refractivity contribution < 1.29 is 32.5 Å². The summed E-state index contributed by atoms with van der Waals surface area (Å²) in [6, 6.07) is 28.4. The lowest BCUT2D eigenvalue weighted by molar-refractivity contribution is -0.253. The second-order valence-electron chi connectivity index (χ2n) is 12.7. The Morgan fingerprint density at radius 2 is 1.58 bits per heavy atom. The predicted octanol–water partition coefficient (Wildman–Crippen LogP) is 5.83. The highest BCUT2D eigenvalue weighted by atomic mass is 32.2. The SMILES string of the molecule is COc1cc2c(cc1OC)CN(CC1CC(c3ccc(CO)cc3)OC(c3ccc(CNS(=O)(=O)c4cccc5cccnc45)cc3)O1)CC2. The third-order valence-electron chi connectivity index (χ3n) is 9.48. The molecule has 10 nitrogen and oxygen atoms in total. The fourth-order valence-corrected chi connectivity index (χ4v) is 7.96. The van der Waals surface area contributed by atoms with Gasteiger partial charge in [0.15, 0.2) is 17.8 Å². The van der Waals surface area contributed by atoms with Gasteiger partial charge >= 0.3 is 0 Å². The number of aromatic nitrogens is 1. The highest BCUT2D eigenvalue weighted by Crippen LogP contribution is 2.39. The van der Waals surface area contributed by atoms with Gasteiger partial charge in [0, 0.05) is 49.7 Å². The molecule has 1 fully saturated rings. The molecule has 3 atom stereocenters. The topological polar surface area (TPSA) is 119 Å². The van der Waals surface area contributed by atoms with Crippen molar-refractivity contribution in [3.8, 4) is 11.5 Å². The van der Waals surface area contributed by atoms with Gasteiger partial charge in [0.2, 0.25) is 10.0 Å². The number of sulfonamides is 1. The van der Waals surface area contributed by atoms with E-state index in [4.69, 9.17) is 18.9 Å². The van der Waals surface area contributed by atoms with E-state index in [-0.39, 0.29) is 30.3 Å². The van der Waals surface area contributed by atoms with Crippen LogP contribution in [0.5, 0.6) is 11.5 Å². The summed E-state index contributed by atoms with van der Waals surface area (Å²) < 4.78 is 53.5. The second-order valence-corrected chi connectivity index (χ2v) is 14.4. The van der Waals surface area contributed by atoms with Crippen molar-refractivity contribution in [2.24, 2.45) is 0 Å². The van der Waals surface area contributed by atoms with E-state index in [2.05, 4.69) is 26.7 Å². The van der Waals surface area contributed by atoms with Crippen LogP contribution >= 0.6 is 0 Å². The van der Waals surface area contributed by atoms with Gasteiger partial charge in [-0.2, -0.15) is 0 Å². The Morgan fingerprint density at radius 3 is 2.32 bits per heavy atom. The Kier molecular flexibility index (Phi) is 10.1. The smallest absolute Gasteiger partial charge is 0.243 e. The fourth-order valence-electron chi connectivity index (χ4n) is 6.76. The van der Waals surface area contributed by atoms with E-state index in [1.807, 2.05) is 60.7 Å². The monoisotopic (exact) mass is 695 g/mol. The molecule has 0 saturated carbocycles. The Bertz CT molecular complexity index is 2050. The molecule has 50 heavy (non-hydrogen) atoms. The number of pyridine rings is 1. The maximum Gasteiger partial charge on any atom is 0.243 e. The molecule has 0 spiro atoms. The summed E-state index contributed by atoms with van der Waals surface area (Å²) in [6.07, 6.45) is 2.22. The van der Waals surface area contributed by atoms with Gasteiger partial charge in [-0.05, 0) is 58.5 Å². The van der Waals surface area contributed by atoms with Crippen molar-refractivity contribution in [1.29, 1.82) is 0 Å². The molecule has 4 aromatic carbocycles. The lowest BCUT2D eigenvalue weighted by Crippen LogP contribution is -2.41. The Labute approximate surface area is 292 Å². The van der Waals surface area contributed by atoms with Crippen LogP contribution in [0.2, 0.25) is 0 Å². The number of methoxy groups -OCH3 is 2. The first kappa shape index (κ1) is 34.1. The number of hydrogen-bond acceptors (Lipinski definition) is 9. The molecule has 2 aliphatic heterocycles. The van der Waals surface area contributed by atoms with Crippen molar-refractivity contribution in [1.82, 2.24) is 14.6 Å². The quantitative estimate of drug-likeness (QED) is 0.176. The first-order valence-electron chi connectivity index (χ1n) is 16.7. The molecule has 0 bridgehead atoms. The van der Waals surface area contributed by atoms with Crippen molar-refractivity contribution >= 4 is 20.9 Å². The normalized spacial score (nSPS) is 19.6. The minimum Gasteiger partial charge on any atom is -0.493 e. The summed E-state index contributed by atoms with van der Waals surface area (Å²) in [4.78, 5) is 6.86. The lowest BCUT2D eigenvalue weighted by Gasteiger charge is -2.39. The van der Waals surface area contributed by atoms with E-state index in [1.54, 1.807) is 38.6 Å². The van der Waals surface area contributed by atoms with E-state index in [0.717, 1.165) is 65.2 Å². The molecular formula is C39H41N3O7S. The van der Waals surface area contributed by atoms with E-state index in [1.165, 1.54) is 11.1 Å². The van der Waals surface area contributed by atoms with Crippen LogP contribution in [0, 0.1) is 0 Å². The Morgan fingerprint density at radius 1 is 0.880 bits per heavy atom. The third-order valence-corrected chi connectivity index (χ3v) is 10.9. The average Bonchev–Trinajstić information content (AvgIpc) is 3.16. The van der Waals surface area contributed by atoms with Gasteiger partial charge in [-0.1, -0.05) is 66.7 Å². The summed E-state index contributed by atoms with van der Waals surface area (Å²) in [6.45, 7) is 2.49. The maximum absolute atomic E-state index is 13.3. The molecule has 11 heteroatoms. The minimum absolute atomic E-state index is 0.0193. The van der Waals surface area contributed by atoms with Crippen LogP contribution in [0.4, 0.5) is 0 Å². The molecule has 2 aliphatic rings. The number of hydrogen-bond donors (Lipinski definition) is 2. The van der Waals surface area contributed by atoms with Crippen LogP contribution < -0.4 is 14.2 Å². The van der Waals surface area contributed by atoms with E-state index in [0.29, 0.717) is 11.9 Å². The highest BCUT2D eigenvalue weighted by Gasteiger charge is 2.34. The van der Waals surface area contributed by atoms with Gasteiger partial charge in [-0.3, -0.25) is 9.88 Å². The van der Waals surface area contributed by atoms with Gasteiger partial charge in [0.1, 0.15) is 4.90 Å². The van der Waals surface area contributed by atoms with Crippen molar-refractivity contribution in [2.75, 3.05) is 27.3 Å². The molecule has 1 saturated heterocycles. The highest BCUT2D eigenvalue weighted by molar-refractivity contribution is 7.89. The van der Waals surface area contributed by atoms with Gasteiger partial charge in [-0.25, -0.2) is 13.1 Å². The zero-order valence-corrected chi connectivity index (χ0v) is 28.9. The second kappa shape index (κ2) is 14.9. The van der Waals surface area contributed by atoms with E-state index < -0.39 is 16.3 Å². The number of ether oxygens (including phenoxy) is 4. The standard InChI is InChI=1S/C39H41N3O7S/c1-46-35-19-31-16-18-42(23-32(31)20-36(35)47-2)24-33-21-34(28-12-10-27(25-43)11-13-28)49-39(48-33)30-14-8-26(9-15-30)22-41-50(44,45)37-7-3-5-29-6-4-17-40-38(29)37/h3-15,17,19-20,33-34,39,41,43H,16,18,21-25H2,1-2H3. The molecule has 3 unspecified atom stereocenters. The van der Waals surface area contributed by atoms with Crippen LogP contribution in [0.3, 0.4) is 0 Å². The minimum atomic E-state index is -3.80. The molecule has 260 valence electrons. The average molecular weight is 696 g/mol. The van der Waals surface area contributed by atoms with Crippen LogP contribution in [0.15, 0.2) is 102 Å². The van der Waals surface area contributed by atoms with Crippen LogP contribution in [-0.2, 0) is 45.6 Å². The number of fused-ring (bicyclic) bond motifs is 2. The van der Waals surface area contributed by atoms with Gasteiger partial charge < -0.3 is 24.1 Å². The first-order valence-corrected chi connectivity index (χ1v) is 18.2. The number of nitrogens with one attached hydrogen (secondary N) is 1. The summed E-state index contributed by atoms with van der Waals surface area (Å²) in [5, 5.41) is 10.3. The molecule has 0 amide bonds. The number of nitrogens with zero attached hydrogens (tertiary/aromatic N) is 2. The van der Waals surface area contributed by atoms with Crippen molar-refractivity contribution in [3.63, 3.8) is 0 Å². The number of rotatable bonds is 11. The summed E-state index contributed by atoms with van der Waals surface area (Å²) in [5.41, 5.74) is 6.43. The number of aliphatic hydroxyl groups excluding tert-OH is 1. The molecule has 0 radical (unpaired) electrons. The lowest BCUT2D eigenvalue weighted by atomic mass is 9.97. The number of para-hydroxylation sites is 1. The van der Waals surface area contributed by atoms with E-state index >= 15 is 0 Å². The molecular weight excluding hydrogens is 655 g/mol. The van der Waals surface area contributed by atoms with Gasteiger partial charge in [0.25, 0.3) is 0 Å². The Balaban J connectivity index is 1.07. The summed E-state index contributed by atoms with van der Waals surface area (Å²) in [5.74, 6) is 1.47. The summed E-state index contributed by atoms with van der Waals surface area (Å²) in [7, 11) is -0.487. The molecule has 2 N–H and O–H groups in total. The predicted molar refractivity (Wildman–Crippen MR) is 189 cm³/mol. The fraction of sp³-hybridized carbons (Fsp3) is 0.308. The van der Waals surface area contributed by atoms with Crippen LogP contribution in [-0.4, -0.2) is 56.8 Å². The zero-order chi connectivity index (χ0) is 34.7. The molecule has 0 aliphatic carbocycles. The third kappa shape index (κ3) is 7.39. The zero-order valence-electron chi connectivity index (χ0n) is 28.1. The van der Waals surface area contributed by atoms with Gasteiger partial charge in [0.05, 0.1) is 38.6 Å². The first-order chi connectivity index (χ1) is 24.3. The number of aliphatic hydroxyl groups is 1. The van der Waals surface area contributed by atoms with E-state index in [9.17, 15) is 13.5 Å². The molecule has 3 heterocycles. The van der Waals surface area contributed by atoms with Crippen LogP contribution in [0.25, 0.3) is 10.9 Å². The number of benzene rings is 4. The summed E-state index contributed by atoms with van der Waals surface area (Å²) >= 11 is 0. The molecule has 5 aromatic rings. The van der Waals surface area contributed by atoms with Crippen LogP contribution in [0.1, 0.15) is 52.2 Å². The molecule has 1 aromatic heterocycles. The van der Waals surface area contributed by atoms with Gasteiger partial charge in [-0.15, -0.1) is 0 Å². The largest absolute Gasteiger partial charge is 0.493 e. The van der Waals surface area contributed by atoms with Crippen molar-refractivity contribution in [2.45, 2.75) is 55.9 Å². The Hall–Kier alpha value is -4.36.